The van der Waals surface area contributed by atoms with Crippen LogP contribution in [-0.4, -0.2) is 21.8 Å². The average molecular weight is 202 g/mol. The van der Waals surface area contributed by atoms with Gasteiger partial charge in [0.2, 0.25) is 0 Å². The number of rotatable bonds is 6. The molecule has 3 nitrogen and oxygen atoms in total. The summed E-state index contributed by atoms with van der Waals surface area (Å²) in [6, 6.07) is 0. The van der Waals surface area contributed by atoms with Gasteiger partial charge in [-0.1, -0.05) is 27.2 Å². The second-order valence-corrected chi connectivity index (χ2v) is 4.63. The molecule has 3 heteroatoms. The van der Waals surface area contributed by atoms with Crippen molar-refractivity contribution in [1.82, 2.24) is 0 Å². The SMILES string of the molecule is CCCC(C(=O)O)C(C)(O)CC(C)C. The third-order valence-corrected chi connectivity index (χ3v) is 2.45. The lowest BCUT2D eigenvalue weighted by Crippen LogP contribution is -2.40. The van der Waals surface area contributed by atoms with Gasteiger partial charge in [-0.05, 0) is 25.7 Å². The minimum Gasteiger partial charge on any atom is -0.481 e. The Morgan fingerprint density at radius 2 is 1.93 bits per heavy atom. The zero-order valence-corrected chi connectivity index (χ0v) is 9.58. The van der Waals surface area contributed by atoms with Gasteiger partial charge in [0.05, 0.1) is 11.5 Å². The zero-order chi connectivity index (χ0) is 11.4. The Morgan fingerprint density at radius 1 is 1.43 bits per heavy atom. The van der Waals surface area contributed by atoms with E-state index in [1.807, 2.05) is 20.8 Å². The van der Waals surface area contributed by atoms with Crippen molar-refractivity contribution >= 4 is 5.97 Å². The first kappa shape index (κ1) is 13.4. The fourth-order valence-corrected chi connectivity index (χ4v) is 1.96. The smallest absolute Gasteiger partial charge is 0.309 e. The van der Waals surface area contributed by atoms with Gasteiger partial charge in [0.1, 0.15) is 0 Å². The Hall–Kier alpha value is -0.570. The molecule has 0 aliphatic rings. The number of carboxylic acids is 1. The molecule has 0 aliphatic carbocycles. The van der Waals surface area contributed by atoms with Crippen molar-refractivity contribution in [1.29, 1.82) is 0 Å². The molecule has 2 N–H and O–H groups in total. The lowest BCUT2D eigenvalue weighted by atomic mass is 9.80. The largest absolute Gasteiger partial charge is 0.481 e. The molecular formula is C11H22O3. The Labute approximate surface area is 86.1 Å². The molecular weight excluding hydrogens is 180 g/mol. The first-order valence-corrected chi connectivity index (χ1v) is 5.26. The van der Waals surface area contributed by atoms with E-state index in [1.54, 1.807) is 6.92 Å². The van der Waals surface area contributed by atoms with Gasteiger partial charge < -0.3 is 10.2 Å². The maximum absolute atomic E-state index is 11.0. The number of hydrogen-bond acceptors (Lipinski definition) is 2. The number of carboxylic acid groups (broad SMARTS) is 1. The maximum Gasteiger partial charge on any atom is 0.309 e. The molecule has 0 saturated heterocycles. The van der Waals surface area contributed by atoms with Gasteiger partial charge >= 0.3 is 5.97 Å². The molecule has 0 bridgehead atoms. The fourth-order valence-electron chi connectivity index (χ4n) is 1.96. The van der Waals surface area contributed by atoms with E-state index < -0.39 is 17.5 Å². The number of hydrogen-bond donors (Lipinski definition) is 2. The molecule has 0 aromatic rings. The van der Waals surface area contributed by atoms with Crippen LogP contribution in [0, 0.1) is 11.8 Å². The second-order valence-electron chi connectivity index (χ2n) is 4.63. The van der Waals surface area contributed by atoms with E-state index >= 15 is 0 Å². The molecule has 0 aliphatic heterocycles. The molecule has 0 rings (SSSR count). The molecule has 0 radical (unpaired) electrons. The zero-order valence-electron chi connectivity index (χ0n) is 9.58. The monoisotopic (exact) mass is 202 g/mol. The van der Waals surface area contributed by atoms with Crippen molar-refractivity contribution in [3.63, 3.8) is 0 Å². The second kappa shape index (κ2) is 5.35. The predicted molar refractivity (Wildman–Crippen MR) is 56.1 cm³/mol. The van der Waals surface area contributed by atoms with Crippen molar-refractivity contribution in [2.45, 2.75) is 52.6 Å². The molecule has 84 valence electrons. The summed E-state index contributed by atoms with van der Waals surface area (Å²) in [5.74, 6) is -1.23. The molecule has 0 saturated carbocycles. The average Bonchev–Trinajstić information content (AvgIpc) is 1.96. The van der Waals surface area contributed by atoms with E-state index in [-0.39, 0.29) is 0 Å². The van der Waals surface area contributed by atoms with Crippen LogP contribution in [0.1, 0.15) is 47.0 Å². The summed E-state index contributed by atoms with van der Waals surface area (Å²) in [4.78, 5) is 11.0. The summed E-state index contributed by atoms with van der Waals surface area (Å²) in [6.45, 7) is 7.53. The Bertz CT molecular complexity index is 185. The Balaban J connectivity index is 4.53. The quantitative estimate of drug-likeness (QED) is 0.694. The van der Waals surface area contributed by atoms with Gasteiger partial charge in [0.15, 0.2) is 0 Å². The standard InChI is InChI=1S/C11H22O3/c1-5-6-9(10(12)13)11(4,14)7-8(2)3/h8-9,14H,5-7H2,1-4H3,(H,12,13). The first-order valence-electron chi connectivity index (χ1n) is 5.26. The lowest BCUT2D eigenvalue weighted by molar-refractivity contribution is -0.152. The van der Waals surface area contributed by atoms with Gasteiger partial charge in [-0.2, -0.15) is 0 Å². The van der Waals surface area contributed by atoms with Crippen molar-refractivity contribution in [2.24, 2.45) is 11.8 Å². The maximum atomic E-state index is 11.0. The summed E-state index contributed by atoms with van der Waals surface area (Å²) in [6.07, 6.45) is 1.85. The third-order valence-electron chi connectivity index (χ3n) is 2.45. The predicted octanol–water partition coefficient (Wildman–Crippen LogP) is 2.28. The first-order chi connectivity index (χ1) is 6.31. The molecule has 0 spiro atoms. The minimum absolute atomic E-state index is 0.309. The minimum atomic E-state index is -1.09. The van der Waals surface area contributed by atoms with Crippen molar-refractivity contribution in [3.05, 3.63) is 0 Å². The lowest BCUT2D eigenvalue weighted by Gasteiger charge is -2.31. The van der Waals surface area contributed by atoms with Gasteiger partial charge in [-0.15, -0.1) is 0 Å². The van der Waals surface area contributed by atoms with Crippen molar-refractivity contribution in [3.8, 4) is 0 Å². The third kappa shape index (κ3) is 4.09. The highest BCUT2D eigenvalue weighted by Gasteiger charge is 2.36. The molecule has 0 heterocycles. The normalized spacial score (nSPS) is 17.9. The molecule has 0 fully saturated rings. The van der Waals surface area contributed by atoms with Crippen LogP contribution in [0.4, 0.5) is 0 Å². The van der Waals surface area contributed by atoms with Crippen molar-refractivity contribution < 1.29 is 15.0 Å². The molecule has 14 heavy (non-hydrogen) atoms. The summed E-state index contributed by atoms with van der Waals surface area (Å²) in [5.41, 5.74) is -1.09. The van der Waals surface area contributed by atoms with Gasteiger partial charge in [-0.25, -0.2) is 0 Å². The highest BCUT2D eigenvalue weighted by Crippen LogP contribution is 2.28. The number of carbonyl (C=O) groups is 1. The van der Waals surface area contributed by atoms with Gasteiger partial charge in [-0.3, -0.25) is 4.79 Å². The number of aliphatic carboxylic acids is 1. The molecule has 0 amide bonds. The van der Waals surface area contributed by atoms with Crippen LogP contribution in [0.2, 0.25) is 0 Å². The molecule has 0 aromatic carbocycles. The fraction of sp³-hybridized carbons (Fsp3) is 0.909. The molecule has 2 unspecified atom stereocenters. The van der Waals surface area contributed by atoms with Crippen LogP contribution >= 0.6 is 0 Å². The summed E-state index contributed by atoms with van der Waals surface area (Å²) in [5, 5.41) is 19.1. The highest BCUT2D eigenvalue weighted by molar-refractivity contribution is 5.71. The molecule has 0 aromatic heterocycles. The highest BCUT2D eigenvalue weighted by atomic mass is 16.4. The van der Waals surface area contributed by atoms with Gasteiger partial charge in [0, 0.05) is 0 Å². The van der Waals surface area contributed by atoms with E-state index in [1.165, 1.54) is 0 Å². The topological polar surface area (TPSA) is 57.5 Å². The summed E-state index contributed by atoms with van der Waals surface area (Å²) in [7, 11) is 0. The Kier molecular flexibility index (Phi) is 5.13. The van der Waals surface area contributed by atoms with E-state index in [9.17, 15) is 9.90 Å². The van der Waals surface area contributed by atoms with Crippen LogP contribution in [-0.2, 0) is 4.79 Å². The van der Waals surface area contributed by atoms with E-state index in [4.69, 9.17) is 5.11 Å². The van der Waals surface area contributed by atoms with Crippen LogP contribution < -0.4 is 0 Å². The van der Waals surface area contributed by atoms with Crippen LogP contribution in [0.3, 0.4) is 0 Å². The van der Waals surface area contributed by atoms with Crippen LogP contribution in [0.15, 0.2) is 0 Å². The van der Waals surface area contributed by atoms with E-state index in [2.05, 4.69) is 0 Å². The van der Waals surface area contributed by atoms with E-state index in [0.29, 0.717) is 18.8 Å². The molecule has 2 atom stereocenters. The van der Waals surface area contributed by atoms with Crippen LogP contribution in [0.5, 0.6) is 0 Å². The van der Waals surface area contributed by atoms with E-state index in [0.717, 1.165) is 6.42 Å². The van der Waals surface area contributed by atoms with Gasteiger partial charge in [0.25, 0.3) is 0 Å². The van der Waals surface area contributed by atoms with Crippen molar-refractivity contribution in [2.75, 3.05) is 0 Å². The summed E-state index contributed by atoms with van der Waals surface area (Å²) < 4.78 is 0. The number of aliphatic hydroxyl groups is 1. The van der Waals surface area contributed by atoms with Crippen LogP contribution in [0.25, 0.3) is 0 Å². The summed E-state index contributed by atoms with van der Waals surface area (Å²) >= 11 is 0. The Morgan fingerprint density at radius 3 is 2.21 bits per heavy atom.